The molecule has 3 heterocycles. The van der Waals surface area contributed by atoms with Crippen LogP contribution in [0, 0.1) is 29.4 Å². The number of aliphatic hydroxyl groups is 1. The predicted molar refractivity (Wildman–Crippen MR) is 122 cm³/mol. The van der Waals surface area contributed by atoms with E-state index in [0.29, 0.717) is 23.8 Å². The van der Waals surface area contributed by atoms with Crippen LogP contribution in [-0.2, 0) is 17.5 Å². The highest BCUT2D eigenvalue weighted by molar-refractivity contribution is 5.63. The molecule has 1 saturated carbocycles. The number of likely N-dealkylation sites (tertiary alicyclic amines) is 1. The van der Waals surface area contributed by atoms with Gasteiger partial charge in [-0.05, 0) is 55.6 Å². The van der Waals surface area contributed by atoms with Gasteiger partial charge in [-0.25, -0.2) is 8.78 Å². The summed E-state index contributed by atoms with van der Waals surface area (Å²) in [5, 5.41) is 19.5. The van der Waals surface area contributed by atoms with Crippen molar-refractivity contribution in [3.05, 3.63) is 41.0 Å². The summed E-state index contributed by atoms with van der Waals surface area (Å²) in [4.78, 5) is 2.48. The van der Waals surface area contributed by atoms with E-state index in [1.807, 2.05) is 0 Å². The number of nitrogens with one attached hydrogen (secondary N) is 1. The highest BCUT2D eigenvalue weighted by Crippen LogP contribution is 2.42. The number of alkyl halides is 3. The van der Waals surface area contributed by atoms with E-state index in [-0.39, 0.29) is 11.6 Å². The fourth-order valence-electron chi connectivity index (χ4n) is 5.91. The summed E-state index contributed by atoms with van der Waals surface area (Å²) in [6, 6.07) is 2.73. The van der Waals surface area contributed by atoms with Crippen LogP contribution >= 0.6 is 0 Å². The first-order valence-electron chi connectivity index (χ1n) is 12.3. The van der Waals surface area contributed by atoms with Crippen molar-refractivity contribution in [1.29, 1.82) is 0 Å². The van der Waals surface area contributed by atoms with Crippen molar-refractivity contribution in [2.45, 2.75) is 44.5 Å². The van der Waals surface area contributed by atoms with Crippen LogP contribution in [0.5, 0.6) is 0 Å². The van der Waals surface area contributed by atoms with Gasteiger partial charge < -0.3 is 20.1 Å². The zero-order valence-corrected chi connectivity index (χ0v) is 19.7. The average molecular weight is 513 g/mol. The van der Waals surface area contributed by atoms with E-state index >= 15 is 0 Å². The van der Waals surface area contributed by atoms with Crippen molar-refractivity contribution in [2.75, 3.05) is 38.2 Å². The van der Waals surface area contributed by atoms with Gasteiger partial charge in [0.2, 0.25) is 0 Å². The molecule has 36 heavy (non-hydrogen) atoms. The predicted octanol–water partition coefficient (Wildman–Crippen LogP) is 4.48. The Hall–Kier alpha value is -2.37. The second-order valence-electron chi connectivity index (χ2n) is 10.2. The van der Waals surface area contributed by atoms with E-state index in [2.05, 4.69) is 20.4 Å². The van der Waals surface area contributed by atoms with Crippen LogP contribution in [0.3, 0.4) is 0 Å². The molecule has 0 unspecified atom stereocenters. The summed E-state index contributed by atoms with van der Waals surface area (Å²) >= 11 is 0. The van der Waals surface area contributed by atoms with Gasteiger partial charge in [0.15, 0.2) is 17.5 Å². The first kappa shape index (κ1) is 25.3. The molecule has 1 aromatic heterocycles. The second-order valence-corrected chi connectivity index (χ2v) is 10.2. The average Bonchev–Trinajstić information content (AvgIpc) is 3.39. The maximum Gasteiger partial charge on any atom is 0.420 e. The minimum Gasteiger partial charge on any atom is -0.392 e. The Morgan fingerprint density at radius 3 is 2.36 bits per heavy atom. The molecule has 1 aromatic carbocycles. The van der Waals surface area contributed by atoms with Crippen LogP contribution < -0.4 is 5.32 Å². The summed E-state index contributed by atoms with van der Waals surface area (Å²) in [6.45, 7) is 3.85. The molecule has 0 radical (unpaired) electrons. The normalized spacial score (nSPS) is 25.3. The SMILES string of the molecule is OCc1ccc(-c2cc(C(F)(F)F)c(N[C@H]3C[C@@H]4CN(CC5CCOCC5)C[C@@H]4C3)nn2)c(F)c1F. The highest BCUT2D eigenvalue weighted by atomic mass is 19.4. The van der Waals surface area contributed by atoms with E-state index < -0.39 is 47.1 Å². The standard InChI is InChI=1S/C25H29F5N4O2/c26-22-15(13-35)1-2-19(23(22)27)21-9-20(25(28,29)30)24(33-32-21)31-18-7-16-11-34(12-17(16)8-18)10-14-3-5-36-6-4-14/h1-2,9,14,16-18,35H,3-8,10-13H2,(H,31,33)/t16-,17+,18+. The third-order valence-corrected chi connectivity index (χ3v) is 7.73. The Morgan fingerprint density at radius 2 is 1.72 bits per heavy atom. The molecule has 0 spiro atoms. The summed E-state index contributed by atoms with van der Waals surface area (Å²) < 4.78 is 75.6. The third kappa shape index (κ3) is 5.19. The van der Waals surface area contributed by atoms with Gasteiger partial charge in [-0.3, -0.25) is 0 Å². The fourth-order valence-corrected chi connectivity index (χ4v) is 5.91. The molecule has 5 rings (SSSR count). The van der Waals surface area contributed by atoms with Gasteiger partial charge in [-0.1, -0.05) is 6.07 Å². The monoisotopic (exact) mass is 512 g/mol. The molecule has 0 bridgehead atoms. The smallest absolute Gasteiger partial charge is 0.392 e. The van der Waals surface area contributed by atoms with Crippen LogP contribution in [-0.4, -0.2) is 59.1 Å². The molecule has 2 N–H and O–H groups in total. The van der Waals surface area contributed by atoms with Crippen LogP contribution in [0.15, 0.2) is 18.2 Å². The van der Waals surface area contributed by atoms with Gasteiger partial charge in [0.1, 0.15) is 5.56 Å². The zero-order chi connectivity index (χ0) is 25.4. The van der Waals surface area contributed by atoms with E-state index in [0.717, 1.165) is 70.7 Å². The molecule has 3 aliphatic rings. The van der Waals surface area contributed by atoms with Crippen LogP contribution in [0.1, 0.15) is 36.8 Å². The number of hydrogen-bond acceptors (Lipinski definition) is 6. The van der Waals surface area contributed by atoms with E-state index in [4.69, 9.17) is 9.84 Å². The molecule has 196 valence electrons. The molecule has 11 heteroatoms. The summed E-state index contributed by atoms with van der Waals surface area (Å²) in [5.74, 6) is -1.61. The Labute approximate surface area is 205 Å². The van der Waals surface area contributed by atoms with Crippen molar-refractivity contribution in [3.8, 4) is 11.3 Å². The number of nitrogens with zero attached hydrogens (tertiary/aromatic N) is 3. The van der Waals surface area contributed by atoms with Gasteiger partial charge in [0.25, 0.3) is 0 Å². The summed E-state index contributed by atoms with van der Waals surface area (Å²) in [6.07, 6.45) is -1.11. The quantitative estimate of drug-likeness (QED) is 0.557. The molecule has 2 aliphatic heterocycles. The molecule has 3 fully saturated rings. The number of aromatic nitrogens is 2. The van der Waals surface area contributed by atoms with Crippen molar-refractivity contribution >= 4 is 5.82 Å². The number of halogens is 5. The highest BCUT2D eigenvalue weighted by Gasteiger charge is 2.43. The fraction of sp³-hybridized carbons (Fsp3) is 0.600. The third-order valence-electron chi connectivity index (χ3n) is 7.73. The van der Waals surface area contributed by atoms with Crippen molar-refractivity contribution in [3.63, 3.8) is 0 Å². The topological polar surface area (TPSA) is 70.5 Å². The maximum absolute atomic E-state index is 14.4. The van der Waals surface area contributed by atoms with Crippen LogP contribution in [0.4, 0.5) is 27.8 Å². The van der Waals surface area contributed by atoms with Crippen molar-refractivity contribution in [1.82, 2.24) is 15.1 Å². The number of fused-ring (bicyclic) bond motifs is 1. The van der Waals surface area contributed by atoms with Gasteiger partial charge in [-0.2, -0.15) is 13.2 Å². The molecule has 2 aromatic rings. The number of ether oxygens (including phenoxy) is 1. The Morgan fingerprint density at radius 1 is 1.03 bits per heavy atom. The summed E-state index contributed by atoms with van der Waals surface area (Å²) in [7, 11) is 0. The largest absolute Gasteiger partial charge is 0.420 e. The zero-order valence-electron chi connectivity index (χ0n) is 19.7. The minimum absolute atomic E-state index is 0.163. The molecule has 3 atom stereocenters. The van der Waals surface area contributed by atoms with Crippen molar-refractivity contribution < 1.29 is 31.8 Å². The van der Waals surface area contributed by atoms with Gasteiger partial charge in [0, 0.05) is 50.0 Å². The molecule has 2 saturated heterocycles. The lowest BCUT2D eigenvalue weighted by Gasteiger charge is -2.28. The molecule has 6 nitrogen and oxygen atoms in total. The lowest BCUT2D eigenvalue weighted by atomic mass is 10.00. The van der Waals surface area contributed by atoms with Gasteiger partial charge >= 0.3 is 6.18 Å². The number of benzene rings is 1. The van der Waals surface area contributed by atoms with Gasteiger partial charge in [-0.15, -0.1) is 10.2 Å². The first-order valence-corrected chi connectivity index (χ1v) is 12.3. The maximum atomic E-state index is 14.4. The van der Waals surface area contributed by atoms with E-state index in [1.165, 1.54) is 0 Å². The lowest BCUT2D eigenvalue weighted by molar-refractivity contribution is -0.137. The number of hydrogen-bond donors (Lipinski definition) is 2. The number of rotatable bonds is 6. The minimum atomic E-state index is -4.76. The van der Waals surface area contributed by atoms with Crippen LogP contribution in [0.2, 0.25) is 0 Å². The lowest BCUT2D eigenvalue weighted by Crippen LogP contribution is -2.32. The number of aliphatic hydroxyl groups excluding tert-OH is 1. The van der Waals surface area contributed by atoms with Gasteiger partial charge in [0.05, 0.1) is 12.3 Å². The van der Waals surface area contributed by atoms with E-state index in [9.17, 15) is 22.0 Å². The number of anilines is 1. The Balaban J connectivity index is 1.28. The Kier molecular flexibility index (Phi) is 7.15. The van der Waals surface area contributed by atoms with Crippen molar-refractivity contribution in [2.24, 2.45) is 17.8 Å². The Bertz CT molecular complexity index is 1080. The van der Waals surface area contributed by atoms with Crippen LogP contribution in [0.25, 0.3) is 11.3 Å². The molecule has 1 aliphatic carbocycles. The molecule has 0 amide bonds. The molecular formula is C25H29F5N4O2. The molecular weight excluding hydrogens is 483 g/mol. The second kappa shape index (κ2) is 10.2. The first-order chi connectivity index (χ1) is 17.2. The summed E-state index contributed by atoms with van der Waals surface area (Å²) in [5.41, 5.74) is -2.25. The van der Waals surface area contributed by atoms with E-state index in [1.54, 1.807) is 0 Å².